The van der Waals surface area contributed by atoms with Gasteiger partial charge in [-0.15, -0.1) is 11.3 Å². The number of piperidine rings is 1. The second-order valence-corrected chi connectivity index (χ2v) is 9.44. The van der Waals surface area contributed by atoms with E-state index in [0.29, 0.717) is 35.2 Å². The van der Waals surface area contributed by atoms with Crippen molar-refractivity contribution >= 4 is 23.2 Å². The van der Waals surface area contributed by atoms with Gasteiger partial charge in [-0.05, 0) is 61.6 Å². The fourth-order valence-corrected chi connectivity index (χ4v) is 5.16. The molecular formula is C25H27FN4O2S. The van der Waals surface area contributed by atoms with Crippen LogP contribution in [0, 0.1) is 24.6 Å². The highest BCUT2D eigenvalue weighted by Gasteiger charge is 2.31. The van der Waals surface area contributed by atoms with Crippen LogP contribution in [0.4, 0.5) is 4.39 Å². The fraction of sp³-hybridized carbons (Fsp3) is 0.360. The Labute approximate surface area is 196 Å². The summed E-state index contributed by atoms with van der Waals surface area (Å²) in [4.78, 5) is 36.8. The van der Waals surface area contributed by atoms with Crippen molar-refractivity contribution in [2.24, 2.45) is 11.8 Å². The number of rotatable bonds is 6. The molecule has 0 spiro atoms. The minimum absolute atomic E-state index is 0.0227. The number of thiazole rings is 1. The first-order chi connectivity index (χ1) is 15.9. The van der Waals surface area contributed by atoms with Gasteiger partial charge in [0.2, 0.25) is 5.91 Å². The summed E-state index contributed by atoms with van der Waals surface area (Å²) in [6, 6.07) is 9.93. The SMILES string of the molecule is Cc1nc(-c2ccc(F)cc2)sc1C(=O)N1CCC(C(C)C(=O)NCc2cccnc2)CC1. The first-order valence-corrected chi connectivity index (χ1v) is 11.9. The average molecular weight is 467 g/mol. The Morgan fingerprint density at radius 1 is 1.21 bits per heavy atom. The van der Waals surface area contributed by atoms with Crippen LogP contribution in [0.5, 0.6) is 0 Å². The van der Waals surface area contributed by atoms with E-state index in [2.05, 4.69) is 15.3 Å². The van der Waals surface area contributed by atoms with Gasteiger partial charge >= 0.3 is 0 Å². The highest BCUT2D eigenvalue weighted by atomic mass is 32.1. The number of nitrogens with one attached hydrogen (secondary N) is 1. The Kier molecular flexibility index (Phi) is 7.13. The third-order valence-electron chi connectivity index (χ3n) is 6.22. The van der Waals surface area contributed by atoms with E-state index in [-0.39, 0.29) is 29.5 Å². The zero-order chi connectivity index (χ0) is 23.4. The van der Waals surface area contributed by atoms with E-state index in [9.17, 15) is 14.0 Å². The molecule has 0 radical (unpaired) electrons. The van der Waals surface area contributed by atoms with Crippen molar-refractivity contribution < 1.29 is 14.0 Å². The second kappa shape index (κ2) is 10.2. The summed E-state index contributed by atoms with van der Waals surface area (Å²) in [6.07, 6.45) is 5.03. The minimum Gasteiger partial charge on any atom is -0.352 e. The molecule has 1 aliphatic heterocycles. The minimum atomic E-state index is -0.300. The Morgan fingerprint density at radius 3 is 2.61 bits per heavy atom. The molecule has 172 valence electrons. The van der Waals surface area contributed by atoms with Gasteiger partial charge in [0.15, 0.2) is 0 Å². The number of nitrogens with zero attached hydrogens (tertiary/aromatic N) is 3. The Morgan fingerprint density at radius 2 is 1.94 bits per heavy atom. The highest BCUT2D eigenvalue weighted by Crippen LogP contribution is 2.31. The standard InChI is InChI=1S/C25H27FN4O2S/c1-16(23(31)28-15-18-4-3-11-27-14-18)19-9-12-30(13-10-19)25(32)22-17(2)29-24(33-22)20-5-7-21(26)8-6-20/h3-8,11,14,16,19H,9-10,12-13,15H2,1-2H3,(H,28,31). The zero-order valence-corrected chi connectivity index (χ0v) is 19.6. The molecule has 3 aromatic rings. The molecular weight excluding hydrogens is 439 g/mol. The lowest BCUT2D eigenvalue weighted by Crippen LogP contribution is -2.42. The second-order valence-electron chi connectivity index (χ2n) is 8.44. The summed E-state index contributed by atoms with van der Waals surface area (Å²) < 4.78 is 13.2. The van der Waals surface area contributed by atoms with Gasteiger partial charge < -0.3 is 10.2 Å². The lowest BCUT2D eigenvalue weighted by atomic mass is 9.84. The molecule has 1 unspecified atom stereocenters. The largest absolute Gasteiger partial charge is 0.352 e. The third kappa shape index (κ3) is 5.45. The smallest absolute Gasteiger partial charge is 0.265 e. The normalized spacial score (nSPS) is 15.3. The van der Waals surface area contributed by atoms with Crippen molar-refractivity contribution in [2.45, 2.75) is 33.2 Å². The monoisotopic (exact) mass is 466 g/mol. The molecule has 1 aromatic carbocycles. The maximum atomic E-state index is 13.2. The molecule has 0 aliphatic carbocycles. The summed E-state index contributed by atoms with van der Waals surface area (Å²) in [5.41, 5.74) is 2.46. The van der Waals surface area contributed by atoms with Gasteiger partial charge in [0.25, 0.3) is 5.91 Å². The van der Waals surface area contributed by atoms with E-state index >= 15 is 0 Å². The fourth-order valence-electron chi connectivity index (χ4n) is 4.12. The summed E-state index contributed by atoms with van der Waals surface area (Å²) in [5, 5.41) is 3.71. The summed E-state index contributed by atoms with van der Waals surface area (Å²) in [7, 11) is 0. The van der Waals surface area contributed by atoms with Crippen LogP contribution < -0.4 is 5.32 Å². The number of likely N-dealkylation sites (tertiary alicyclic amines) is 1. The predicted molar refractivity (Wildman–Crippen MR) is 126 cm³/mol. The third-order valence-corrected chi connectivity index (χ3v) is 7.41. The highest BCUT2D eigenvalue weighted by molar-refractivity contribution is 7.17. The molecule has 3 heterocycles. The number of benzene rings is 1. The van der Waals surface area contributed by atoms with Gasteiger partial charge in [-0.25, -0.2) is 9.37 Å². The summed E-state index contributed by atoms with van der Waals surface area (Å²) >= 11 is 1.34. The number of aryl methyl sites for hydroxylation is 1. The van der Waals surface area contributed by atoms with Gasteiger partial charge in [0, 0.05) is 43.5 Å². The predicted octanol–water partition coefficient (Wildman–Crippen LogP) is 4.46. The van der Waals surface area contributed by atoms with E-state index in [1.807, 2.05) is 30.9 Å². The molecule has 8 heteroatoms. The summed E-state index contributed by atoms with van der Waals surface area (Å²) in [5.74, 6) is -0.169. The molecule has 0 bridgehead atoms. The van der Waals surface area contributed by atoms with Crippen LogP contribution in [0.25, 0.3) is 10.6 Å². The molecule has 1 atom stereocenters. The lowest BCUT2D eigenvalue weighted by molar-refractivity contribution is -0.126. The molecule has 1 fully saturated rings. The van der Waals surface area contributed by atoms with E-state index in [4.69, 9.17) is 0 Å². The molecule has 2 amide bonds. The first kappa shape index (κ1) is 23.0. The summed E-state index contributed by atoms with van der Waals surface area (Å²) in [6.45, 7) is 5.50. The maximum absolute atomic E-state index is 13.2. The van der Waals surface area contributed by atoms with Crippen molar-refractivity contribution in [1.82, 2.24) is 20.2 Å². The number of carbonyl (C=O) groups excluding carboxylic acids is 2. The Hall–Kier alpha value is -3.13. The van der Waals surface area contributed by atoms with Gasteiger partial charge in [-0.2, -0.15) is 0 Å². The zero-order valence-electron chi connectivity index (χ0n) is 18.8. The van der Waals surface area contributed by atoms with E-state index in [0.717, 1.165) is 24.0 Å². The van der Waals surface area contributed by atoms with Crippen molar-refractivity contribution in [2.75, 3.05) is 13.1 Å². The molecule has 33 heavy (non-hydrogen) atoms. The van der Waals surface area contributed by atoms with Crippen molar-refractivity contribution in [3.05, 3.63) is 70.7 Å². The lowest BCUT2D eigenvalue weighted by Gasteiger charge is -2.34. The van der Waals surface area contributed by atoms with Crippen molar-refractivity contribution in [1.29, 1.82) is 0 Å². The first-order valence-electron chi connectivity index (χ1n) is 11.1. The molecule has 1 aliphatic rings. The molecule has 1 N–H and O–H groups in total. The molecule has 4 rings (SSSR count). The van der Waals surface area contributed by atoms with Crippen LogP contribution in [-0.4, -0.2) is 39.8 Å². The van der Waals surface area contributed by atoms with Crippen molar-refractivity contribution in [3.63, 3.8) is 0 Å². The van der Waals surface area contributed by atoms with Gasteiger partial charge in [-0.3, -0.25) is 14.6 Å². The van der Waals surface area contributed by atoms with Crippen LogP contribution in [0.1, 0.15) is 40.7 Å². The number of carbonyl (C=O) groups is 2. The maximum Gasteiger partial charge on any atom is 0.265 e. The number of halogens is 1. The van der Waals surface area contributed by atoms with E-state index in [1.165, 1.54) is 23.5 Å². The number of aromatic nitrogens is 2. The topological polar surface area (TPSA) is 75.2 Å². The number of hydrogen-bond donors (Lipinski definition) is 1. The van der Waals surface area contributed by atoms with Gasteiger partial charge in [0.1, 0.15) is 15.7 Å². The molecule has 0 saturated carbocycles. The molecule has 2 aromatic heterocycles. The average Bonchev–Trinajstić information content (AvgIpc) is 3.24. The van der Waals surface area contributed by atoms with Gasteiger partial charge in [0.05, 0.1) is 5.69 Å². The van der Waals surface area contributed by atoms with E-state index in [1.54, 1.807) is 24.5 Å². The van der Waals surface area contributed by atoms with E-state index < -0.39 is 0 Å². The number of hydrogen-bond acceptors (Lipinski definition) is 5. The Bertz CT molecular complexity index is 1110. The van der Waals surface area contributed by atoms with Gasteiger partial charge in [-0.1, -0.05) is 13.0 Å². The van der Waals surface area contributed by atoms with Crippen LogP contribution in [0.2, 0.25) is 0 Å². The quantitative estimate of drug-likeness (QED) is 0.582. The molecule has 6 nitrogen and oxygen atoms in total. The molecule has 1 saturated heterocycles. The van der Waals surface area contributed by atoms with Crippen LogP contribution in [0.3, 0.4) is 0 Å². The van der Waals surface area contributed by atoms with Crippen LogP contribution >= 0.6 is 11.3 Å². The van der Waals surface area contributed by atoms with Crippen LogP contribution in [0.15, 0.2) is 48.8 Å². The number of amides is 2. The van der Waals surface area contributed by atoms with Crippen molar-refractivity contribution in [3.8, 4) is 10.6 Å². The number of pyridine rings is 1. The van der Waals surface area contributed by atoms with Crippen LogP contribution in [-0.2, 0) is 11.3 Å². The Balaban J connectivity index is 1.32.